The molecule has 100 valence electrons. The molecule has 0 aliphatic heterocycles. The summed E-state index contributed by atoms with van der Waals surface area (Å²) in [7, 11) is 1.76. The summed E-state index contributed by atoms with van der Waals surface area (Å²) < 4.78 is 13.1. The van der Waals surface area contributed by atoms with Crippen LogP contribution in [0.1, 0.15) is 35.2 Å². The van der Waals surface area contributed by atoms with Gasteiger partial charge in [-0.2, -0.15) is 0 Å². The summed E-state index contributed by atoms with van der Waals surface area (Å²) in [6.07, 6.45) is 3.17. The first-order valence-corrected chi connectivity index (χ1v) is 7.26. The first-order valence-electron chi connectivity index (χ1n) is 6.14. The smallest absolute Gasteiger partial charge is 0.253 e. The lowest BCUT2D eigenvalue weighted by Crippen LogP contribution is -2.28. The van der Waals surface area contributed by atoms with E-state index in [0.717, 1.165) is 30.2 Å². The average molecular weight is 316 g/mol. The lowest BCUT2D eigenvalue weighted by Gasteiger charge is -2.18. The highest BCUT2D eigenvalue weighted by molar-refractivity contribution is 9.09. The van der Waals surface area contributed by atoms with Gasteiger partial charge < -0.3 is 4.90 Å². The SMILES string of the molecule is Cc1ccc(F)cc1C(=O)N(C)CCCCCBr. The highest BCUT2D eigenvalue weighted by Gasteiger charge is 2.14. The number of carbonyl (C=O) groups excluding carboxylic acids is 1. The average Bonchev–Trinajstić information content (AvgIpc) is 2.36. The Hall–Kier alpha value is -0.900. The van der Waals surface area contributed by atoms with Crippen LogP contribution < -0.4 is 0 Å². The number of unbranched alkanes of at least 4 members (excludes halogenated alkanes) is 2. The van der Waals surface area contributed by atoms with Crippen LogP contribution in [0.3, 0.4) is 0 Å². The van der Waals surface area contributed by atoms with Crippen LogP contribution in [0.25, 0.3) is 0 Å². The maximum absolute atomic E-state index is 13.1. The number of nitrogens with zero attached hydrogens (tertiary/aromatic N) is 1. The molecule has 4 heteroatoms. The molecule has 0 aliphatic carbocycles. The zero-order valence-electron chi connectivity index (χ0n) is 10.9. The quantitative estimate of drug-likeness (QED) is 0.578. The molecule has 1 aromatic rings. The zero-order valence-corrected chi connectivity index (χ0v) is 12.5. The highest BCUT2D eigenvalue weighted by Crippen LogP contribution is 2.13. The summed E-state index contributed by atoms with van der Waals surface area (Å²) in [4.78, 5) is 13.8. The van der Waals surface area contributed by atoms with Crippen LogP contribution in [-0.2, 0) is 0 Å². The van der Waals surface area contributed by atoms with E-state index in [1.54, 1.807) is 18.0 Å². The summed E-state index contributed by atoms with van der Waals surface area (Å²) in [5.74, 6) is -0.470. The third kappa shape index (κ3) is 4.41. The molecule has 1 amide bonds. The molecule has 2 nitrogen and oxygen atoms in total. The molecular weight excluding hydrogens is 297 g/mol. The monoisotopic (exact) mass is 315 g/mol. The van der Waals surface area contributed by atoms with E-state index in [1.807, 2.05) is 6.92 Å². The Kier molecular flexibility index (Phi) is 6.33. The Bertz CT molecular complexity index is 409. The van der Waals surface area contributed by atoms with Gasteiger partial charge in [0.2, 0.25) is 0 Å². The molecule has 0 atom stereocenters. The predicted molar refractivity (Wildman–Crippen MR) is 75.7 cm³/mol. The van der Waals surface area contributed by atoms with Gasteiger partial charge in [0.1, 0.15) is 5.82 Å². The Balaban J connectivity index is 2.60. The van der Waals surface area contributed by atoms with Crippen LogP contribution in [0, 0.1) is 12.7 Å². The van der Waals surface area contributed by atoms with Gasteiger partial charge in [0.15, 0.2) is 0 Å². The minimum atomic E-state index is -0.364. The standard InChI is InChI=1S/C14H19BrFNO/c1-11-6-7-12(16)10-13(11)14(18)17(2)9-5-3-4-8-15/h6-7,10H,3-5,8-9H2,1-2H3. The molecule has 0 bridgehead atoms. The summed E-state index contributed by atoms with van der Waals surface area (Å²) >= 11 is 3.38. The van der Waals surface area contributed by atoms with Gasteiger partial charge in [0, 0.05) is 24.5 Å². The van der Waals surface area contributed by atoms with E-state index in [2.05, 4.69) is 15.9 Å². The Morgan fingerprint density at radius 1 is 1.33 bits per heavy atom. The molecule has 0 fully saturated rings. The second kappa shape index (κ2) is 7.52. The number of alkyl halides is 1. The largest absolute Gasteiger partial charge is 0.342 e. The van der Waals surface area contributed by atoms with Gasteiger partial charge in [-0.05, 0) is 37.5 Å². The zero-order chi connectivity index (χ0) is 13.5. The van der Waals surface area contributed by atoms with E-state index in [4.69, 9.17) is 0 Å². The molecular formula is C14H19BrFNO. The number of halogens is 2. The second-order valence-electron chi connectivity index (χ2n) is 4.44. The first kappa shape index (κ1) is 15.2. The van der Waals surface area contributed by atoms with Crippen LogP contribution in [0.2, 0.25) is 0 Å². The maximum atomic E-state index is 13.1. The molecule has 0 saturated carbocycles. The molecule has 0 unspecified atom stereocenters. The summed E-state index contributed by atoms with van der Waals surface area (Å²) in [6.45, 7) is 2.53. The number of carbonyl (C=O) groups is 1. The van der Waals surface area contributed by atoms with Gasteiger partial charge in [-0.25, -0.2) is 4.39 Å². The van der Waals surface area contributed by atoms with Crippen molar-refractivity contribution in [3.8, 4) is 0 Å². The van der Waals surface area contributed by atoms with E-state index >= 15 is 0 Å². The van der Waals surface area contributed by atoms with Crippen LogP contribution in [0.5, 0.6) is 0 Å². The second-order valence-corrected chi connectivity index (χ2v) is 5.23. The van der Waals surface area contributed by atoms with Crippen molar-refractivity contribution in [2.24, 2.45) is 0 Å². The van der Waals surface area contributed by atoms with Crippen molar-refractivity contribution >= 4 is 21.8 Å². The molecule has 0 aromatic heterocycles. The van der Waals surface area contributed by atoms with Crippen molar-refractivity contribution in [3.05, 3.63) is 35.1 Å². The topological polar surface area (TPSA) is 20.3 Å². The number of rotatable bonds is 6. The molecule has 18 heavy (non-hydrogen) atoms. The number of amides is 1. The van der Waals surface area contributed by atoms with Gasteiger partial charge >= 0.3 is 0 Å². The number of hydrogen-bond acceptors (Lipinski definition) is 1. The van der Waals surface area contributed by atoms with E-state index in [0.29, 0.717) is 12.1 Å². The van der Waals surface area contributed by atoms with Gasteiger partial charge in [0.25, 0.3) is 5.91 Å². The summed E-state index contributed by atoms with van der Waals surface area (Å²) in [5, 5.41) is 0.994. The van der Waals surface area contributed by atoms with Gasteiger partial charge in [0.05, 0.1) is 0 Å². The summed E-state index contributed by atoms with van der Waals surface area (Å²) in [6, 6.07) is 4.33. The normalized spacial score (nSPS) is 10.4. The molecule has 0 radical (unpaired) electrons. The lowest BCUT2D eigenvalue weighted by molar-refractivity contribution is 0.0791. The van der Waals surface area contributed by atoms with Gasteiger partial charge in [-0.1, -0.05) is 28.4 Å². The lowest BCUT2D eigenvalue weighted by atomic mass is 10.1. The van der Waals surface area contributed by atoms with E-state index in [-0.39, 0.29) is 11.7 Å². The Labute approximate surface area is 116 Å². The molecule has 0 saturated heterocycles. The van der Waals surface area contributed by atoms with Crippen molar-refractivity contribution in [3.63, 3.8) is 0 Å². The Morgan fingerprint density at radius 3 is 2.72 bits per heavy atom. The summed E-state index contributed by atoms with van der Waals surface area (Å²) in [5.41, 5.74) is 1.27. The van der Waals surface area contributed by atoms with Crippen LogP contribution in [-0.4, -0.2) is 29.7 Å². The Morgan fingerprint density at radius 2 is 2.06 bits per heavy atom. The molecule has 0 heterocycles. The fourth-order valence-electron chi connectivity index (χ4n) is 1.75. The van der Waals surface area contributed by atoms with Crippen molar-refractivity contribution in [1.82, 2.24) is 4.90 Å². The third-order valence-electron chi connectivity index (χ3n) is 2.90. The van der Waals surface area contributed by atoms with Crippen molar-refractivity contribution in [2.45, 2.75) is 26.2 Å². The molecule has 0 N–H and O–H groups in total. The van der Waals surface area contributed by atoms with Crippen molar-refractivity contribution < 1.29 is 9.18 Å². The van der Waals surface area contributed by atoms with E-state index < -0.39 is 0 Å². The van der Waals surface area contributed by atoms with Crippen LogP contribution in [0.4, 0.5) is 4.39 Å². The van der Waals surface area contributed by atoms with E-state index in [1.165, 1.54) is 12.1 Å². The van der Waals surface area contributed by atoms with Crippen molar-refractivity contribution in [2.75, 3.05) is 18.9 Å². The number of aryl methyl sites for hydroxylation is 1. The third-order valence-corrected chi connectivity index (χ3v) is 3.46. The predicted octanol–water partition coefficient (Wildman–Crippen LogP) is 3.77. The maximum Gasteiger partial charge on any atom is 0.253 e. The van der Waals surface area contributed by atoms with E-state index in [9.17, 15) is 9.18 Å². The van der Waals surface area contributed by atoms with Gasteiger partial charge in [-0.3, -0.25) is 4.79 Å². The molecule has 1 rings (SSSR count). The minimum absolute atomic E-state index is 0.106. The van der Waals surface area contributed by atoms with Gasteiger partial charge in [-0.15, -0.1) is 0 Å². The fraction of sp³-hybridized carbons (Fsp3) is 0.500. The molecule has 0 aliphatic rings. The molecule has 1 aromatic carbocycles. The first-order chi connectivity index (χ1) is 8.56. The minimum Gasteiger partial charge on any atom is -0.342 e. The fourth-order valence-corrected chi connectivity index (χ4v) is 2.15. The van der Waals surface area contributed by atoms with Crippen LogP contribution in [0.15, 0.2) is 18.2 Å². The van der Waals surface area contributed by atoms with Crippen molar-refractivity contribution in [1.29, 1.82) is 0 Å². The highest BCUT2D eigenvalue weighted by atomic mass is 79.9. The number of hydrogen-bond donors (Lipinski definition) is 0. The number of benzene rings is 1. The molecule has 0 spiro atoms. The van der Waals surface area contributed by atoms with Crippen LogP contribution >= 0.6 is 15.9 Å².